The number of rotatable bonds is 8. The molecule has 0 aromatic carbocycles. The average Bonchev–Trinajstić information content (AvgIpc) is 2.47. The van der Waals surface area contributed by atoms with Crippen LogP contribution in [-0.2, 0) is 14.3 Å². The highest BCUT2D eigenvalue weighted by molar-refractivity contribution is 5.77. The maximum Gasteiger partial charge on any atom is 0.309 e. The van der Waals surface area contributed by atoms with Crippen molar-refractivity contribution in [1.82, 2.24) is 4.90 Å². The molecule has 1 saturated heterocycles. The fourth-order valence-corrected chi connectivity index (χ4v) is 2.56. The van der Waals surface area contributed by atoms with Crippen molar-refractivity contribution >= 4 is 11.9 Å². The maximum atomic E-state index is 12.0. The highest BCUT2D eigenvalue weighted by atomic mass is 16.5. The first-order chi connectivity index (χ1) is 9.69. The van der Waals surface area contributed by atoms with Crippen LogP contribution in [0, 0.1) is 5.92 Å². The van der Waals surface area contributed by atoms with Crippen molar-refractivity contribution in [1.29, 1.82) is 0 Å². The number of amides is 1. The summed E-state index contributed by atoms with van der Waals surface area (Å²) in [5.74, 6) is 0.0880. The quantitative estimate of drug-likeness (QED) is 0.544. The molecular weight excluding hydrogens is 256 g/mol. The lowest BCUT2D eigenvalue weighted by Gasteiger charge is -2.31. The van der Waals surface area contributed by atoms with Crippen LogP contribution >= 0.6 is 0 Å². The molecule has 0 unspecified atom stereocenters. The number of carbonyl (C=O) groups excluding carboxylic acids is 2. The van der Waals surface area contributed by atoms with Gasteiger partial charge in [-0.25, -0.2) is 0 Å². The van der Waals surface area contributed by atoms with Gasteiger partial charge in [-0.2, -0.15) is 0 Å². The zero-order valence-corrected chi connectivity index (χ0v) is 12.6. The summed E-state index contributed by atoms with van der Waals surface area (Å²) in [6.07, 6.45) is 6.25. The van der Waals surface area contributed by atoms with Crippen LogP contribution in [-0.4, -0.2) is 43.0 Å². The van der Waals surface area contributed by atoms with Crippen LogP contribution in [0.5, 0.6) is 0 Å². The number of nitrogens with two attached hydrogens (primary N) is 1. The van der Waals surface area contributed by atoms with Gasteiger partial charge < -0.3 is 15.4 Å². The molecule has 1 rings (SSSR count). The Kier molecular flexibility index (Phi) is 8.26. The van der Waals surface area contributed by atoms with Crippen LogP contribution in [0.25, 0.3) is 0 Å². The summed E-state index contributed by atoms with van der Waals surface area (Å²) >= 11 is 0. The number of hydrogen-bond acceptors (Lipinski definition) is 4. The second-order valence-electron chi connectivity index (χ2n) is 5.36. The third-order valence-corrected chi connectivity index (χ3v) is 3.81. The lowest BCUT2D eigenvalue weighted by Crippen LogP contribution is -2.40. The molecule has 5 heteroatoms. The fraction of sp³-hybridized carbons (Fsp3) is 0.867. The van der Waals surface area contributed by atoms with E-state index in [-0.39, 0.29) is 17.8 Å². The minimum atomic E-state index is -0.110. The van der Waals surface area contributed by atoms with Gasteiger partial charge in [-0.05, 0) is 39.2 Å². The van der Waals surface area contributed by atoms with E-state index in [9.17, 15) is 9.59 Å². The van der Waals surface area contributed by atoms with E-state index in [2.05, 4.69) is 0 Å². The Hall–Kier alpha value is -1.10. The van der Waals surface area contributed by atoms with E-state index < -0.39 is 0 Å². The molecule has 0 aromatic heterocycles. The normalized spacial score (nSPS) is 16.2. The van der Waals surface area contributed by atoms with E-state index in [4.69, 9.17) is 10.5 Å². The number of ether oxygens (including phenoxy) is 1. The smallest absolute Gasteiger partial charge is 0.309 e. The summed E-state index contributed by atoms with van der Waals surface area (Å²) < 4.78 is 5.03. The Balaban J connectivity index is 2.17. The van der Waals surface area contributed by atoms with Crippen LogP contribution in [0.2, 0.25) is 0 Å². The van der Waals surface area contributed by atoms with Gasteiger partial charge in [0.05, 0.1) is 12.5 Å². The van der Waals surface area contributed by atoms with Crippen LogP contribution in [0.15, 0.2) is 0 Å². The van der Waals surface area contributed by atoms with E-state index in [0.29, 0.717) is 26.1 Å². The number of nitrogens with zero attached hydrogens (tertiary/aromatic N) is 1. The summed E-state index contributed by atoms with van der Waals surface area (Å²) in [6, 6.07) is 0. The molecule has 20 heavy (non-hydrogen) atoms. The number of likely N-dealkylation sites (tertiary alicyclic amines) is 1. The third kappa shape index (κ3) is 5.90. The van der Waals surface area contributed by atoms with Gasteiger partial charge in [0.1, 0.15) is 0 Å². The molecule has 1 aliphatic rings. The van der Waals surface area contributed by atoms with Crippen molar-refractivity contribution in [2.24, 2.45) is 11.7 Å². The van der Waals surface area contributed by atoms with Crippen molar-refractivity contribution in [3.05, 3.63) is 0 Å². The zero-order chi connectivity index (χ0) is 14.8. The van der Waals surface area contributed by atoms with Gasteiger partial charge >= 0.3 is 5.97 Å². The topological polar surface area (TPSA) is 72.6 Å². The predicted molar refractivity (Wildman–Crippen MR) is 78.1 cm³/mol. The van der Waals surface area contributed by atoms with Crippen molar-refractivity contribution in [3.63, 3.8) is 0 Å². The van der Waals surface area contributed by atoms with Gasteiger partial charge in [0.25, 0.3) is 0 Å². The number of esters is 1. The van der Waals surface area contributed by atoms with Crippen molar-refractivity contribution < 1.29 is 14.3 Å². The summed E-state index contributed by atoms with van der Waals surface area (Å²) in [5, 5.41) is 0. The molecule has 1 amide bonds. The van der Waals surface area contributed by atoms with Gasteiger partial charge in [-0.1, -0.05) is 12.8 Å². The van der Waals surface area contributed by atoms with Gasteiger partial charge in [-0.15, -0.1) is 0 Å². The van der Waals surface area contributed by atoms with E-state index in [1.165, 1.54) is 0 Å². The lowest BCUT2D eigenvalue weighted by atomic mass is 9.96. The second-order valence-corrected chi connectivity index (χ2v) is 5.36. The lowest BCUT2D eigenvalue weighted by molar-refractivity contribution is -0.151. The minimum Gasteiger partial charge on any atom is -0.466 e. The first-order valence-corrected chi connectivity index (χ1v) is 7.83. The number of piperidine rings is 1. The first-order valence-electron chi connectivity index (χ1n) is 7.83. The van der Waals surface area contributed by atoms with E-state index in [1.54, 1.807) is 0 Å². The van der Waals surface area contributed by atoms with Gasteiger partial charge in [0, 0.05) is 19.5 Å². The number of unbranched alkanes of at least 4 members (excludes halogenated alkanes) is 3. The Morgan fingerprint density at radius 3 is 2.40 bits per heavy atom. The minimum absolute atomic E-state index is 0.0245. The van der Waals surface area contributed by atoms with E-state index in [0.717, 1.165) is 45.1 Å². The van der Waals surface area contributed by atoms with E-state index in [1.807, 2.05) is 11.8 Å². The molecule has 0 aliphatic carbocycles. The molecule has 0 radical (unpaired) electrons. The fourth-order valence-electron chi connectivity index (χ4n) is 2.56. The Labute approximate surface area is 121 Å². The van der Waals surface area contributed by atoms with Crippen molar-refractivity contribution in [2.75, 3.05) is 26.2 Å². The Bertz CT molecular complexity index is 299. The summed E-state index contributed by atoms with van der Waals surface area (Å²) in [5.41, 5.74) is 5.43. The average molecular weight is 284 g/mol. The summed E-state index contributed by atoms with van der Waals surface area (Å²) in [7, 11) is 0. The van der Waals surface area contributed by atoms with Crippen molar-refractivity contribution in [3.8, 4) is 0 Å². The first kappa shape index (κ1) is 17.0. The molecular formula is C15H28N2O3. The summed E-state index contributed by atoms with van der Waals surface area (Å²) in [4.78, 5) is 25.5. The molecule has 0 aromatic rings. The van der Waals surface area contributed by atoms with Crippen molar-refractivity contribution in [2.45, 2.75) is 51.9 Å². The Morgan fingerprint density at radius 1 is 1.15 bits per heavy atom. The predicted octanol–water partition coefficient (Wildman–Crippen LogP) is 1.70. The molecule has 1 aliphatic heterocycles. The van der Waals surface area contributed by atoms with Crippen LogP contribution < -0.4 is 5.73 Å². The molecule has 1 heterocycles. The van der Waals surface area contributed by atoms with Gasteiger partial charge in [-0.3, -0.25) is 9.59 Å². The zero-order valence-electron chi connectivity index (χ0n) is 12.6. The molecule has 0 atom stereocenters. The molecule has 0 spiro atoms. The SMILES string of the molecule is CCOC(=O)C1CCN(C(=O)CCCCCCN)CC1. The standard InChI is InChI=1S/C15H28N2O3/c1-2-20-15(19)13-8-11-17(12-9-13)14(18)7-5-3-4-6-10-16/h13H,2-12,16H2,1H3. The third-order valence-electron chi connectivity index (χ3n) is 3.81. The molecule has 2 N–H and O–H groups in total. The largest absolute Gasteiger partial charge is 0.466 e. The van der Waals surface area contributed by atoms with Gasteiger partial charge in [0.15, 0.2) is 0 Å². The van der Waals surface area contributed by atoms with Gasteiger partial charge in [0.2, 0.25) is 5.91 Å². The highest BCUT2D eigenvalue weighted by Gasteiger charge is 2.27. The molecule has 116 valence electrons. The monoisotopic (exact) mass is 284 g/mol. The number of hydrogen-bond donors (Lipinski definition) is 1. The van der Waals surface area contributed by atoms with Crippen LogP contribution in [0.1, 0.15) is 51.9 Å². The molecule has 0 saturated carbocycles. The summed E-state index contributed by atoms with van der Waals surface area (Å²) in [6.45, 7) is 4.35. The highest BCUT2D eigenvalue weighted by Crippen LogP contribution is 2.19. The Morgan fingerprint density at radius 2 is 1.80 bits per heavy atom. The van der Waals surface area contributed by atoms with Crippen LogP contribution in [0.4, 0.5) is 0 Å². The number of carbonyl (C=O) groups is 2. The molecule has 0 bridgehead atoms. The molecule has 1 fully saturated rings. The maximum absolute atomic E-state index is 12.0. The molecule has 5 nitrogen and oxygen atoms in total. The van der Waals surface area contributed by atoms with E-state index >= 15 is 0 Å². The van der Waals surface area contributed by atoms with Crippen LogP contribution in [0.3, 0.4) is 0 Å². The second kappa shape index (κ2) is 9.75.